The topological polar surface area (TPSA) is 77.2 Å². The predicted octanol–water partition coefficient (Wildman–Crippen LogP) is 5.94. The zero-order valence-corrected chi connectivity index (χ0v) is 19.5. The molecule has 0 radical (unpaired) electrons. The molecule has 33 heavy (non-hydrogen) atoms. The Kier molecular flexibility index (Phi) is 7.65. The third-order valence-corrected chi connectivity index (χ3v) is 5.92. The number of carbonyl (C=O) groups excluding carboxylic acids is 1. The van der Waals surface area contributed by atoms with E-state index < -0.39 is 0 Å². The Morgan fingerprint density at radius 3 is 2.42 bits per heavy atom. The fourth-order valence-corrected chi connectivity index (χ4v) is 3.84. The third kappa shape index (κ3) is 6.60. The van der Waals surface area contributed by atoms with Crippen LogP contribution in [0.2, 0.25) is 5.02 Å². The molecular weight excluding hydrogens is 458 g/mol. The minimum Gasteiger partial charge on any atom is -0.484 e. The number of amides is 1. The summed E-state index contributed by atoms with van der Waals surface area (Å²) in [5.74, 6) is 1.04. The molecule has 0 aliphatic heterocycles. The molecule has 3 aromatic carbocycles. The van der Waals surface area contributed by atoms with E-state index in [9.17, 15) is 4.79 Å². The molecule has 6 nitrogen and oxygen atoms in total. The fourth-order valence-electron chi connectivity index (χ4n) is 3.12. The lowest BCUT2D eigenvalue weighted by Crippen LogP contribution is -2.28. The fraction of sp³-hybridized carbons (Fsp3) is 0.160. The maximum atomic E-state index is 12.4. The number of hydrogen-bond acceptors (Lipinski definition) is 6. The van der Waals surface area contributed by atoms with Gasteiger partial charge in [-0.1, -0.05) is 78.0 Å². The van der Waals surface area contributed by atoms with Gasteiger partial charge in [0, 0.05) is 5.02 Å². The van der Waals surface area contributed by atoms with Crippen molar-refractivity contribution in [1.82, 2.24) is 15.5 Å². The molecule has 0 saturated carbocycles. The van der Waals surface area contributed by atoms with Crippen LogP contribution in [0.1, 0.15) is 24.4 Å². The van der Waals surface area contributed by atoms with Gasteiger partial charge in [-0.25, -0.2) is 0 Å². The molecule has 0 saturated heterocycles. The average molecular weight is 480 g/mol. The molecule has 0 aliphatic carbocycles. The first-order valence-electron chi connectivity index (χ1n) is 10.3. The van der Waals surface area contributed by atoms with Crippen LogP contribution in [0.3, 0.4) is 0 Å². The highest BCUT2D eigenvalue weighted by Gasteiger charge is 2.13. The molecule has 0 fully saturated rings. The van der Waals surface area contributed by atoms with Crippen LogP contribution in [-0.4, -0.2) is 21.9 Å². The lowest BCUT2D eigenvalue weighted by Gasteiger charge is -2.14. The quantitative estimate of drug-likeness (QED) is 0.299. The Bertz CT molecular complexity index is 1180. The largest absolute Gasteiger partial charge is 0.484 e. The van der Waals surface area contributed by atoms with Gasteiger partial charge in [0.15, 0.2) is 6.61 Å². The Morgan fingerprint density at radius 2 is 1.70 bits per heavy atom. The average Bonchev–Trinajstić information content (AvgIpc) is 3.31. The van der Waals surface area contributed by atoms with Crippen molar-refractivity contribution in [2.75, 3.05) is 5.75 Å². The van der Waals surface area contributed by atoms with Crippen LogP contribution in [-0.2, 0) is 11.4 Å². The normalized spacial score (nSPS) is 11.7. The first kappa shape index (κ1) is 22.9. The Balaban J connectivity index is 1.23. The second-order valence-electron chi connectivity index (χ2n) is 7.27. The summed E-state index contributed by atoms with van der Waals surface area (Å²) in [6.07, 6.45) is 0. The minimum absolute atomic E-state index is 0.114. The number of aromatic nitrogens is 2. The zero-order valence-electron chi connectivity index (χ0n) is 17.9. The van der Waals surface area contributed by atoms with Crippen LogP contribution in [0, 0.1) is 0 Å². The highest BCUT2D eigenvalue weighted by atomic mass is 35.5. The Labute approximate surface area is 201 Å². The van der Waals surface area contributed by atoms with Crippen LogP contribution in [0.15, 0.2) is 88.5 Å². The number of nitrogens with one attached hydrogen (secondary N) is 1. The highest BCUT2D eigenvalue weighted by molar-refractivity contribution is 7.99. The number of thioether (sulfide) groups is 1. The number of ether oxygens (including phenoxy) is 1. The van der Waals surface area contributed by atoms with E-state index in [1.54, 1.807) is 24.3 Å². The van der Waals surface area contributed by atoms with Gasteiger partial charge in [0.1, 0.15) is 5.75 Å². The van der Waals surface area contributed by atoms with Crippen molar-refractivity contribution in [3.63, 3.8) is 0 Å². The SMILES string of the molecule is C[C@@H](NC(=O)CSc1nnc(COc2ccc(Cl)cc2)o1)c1ccc(-c2ccccc2)cc1. The lowest BCUT2D eigenvalue weighted by molar-refractivity contribution is -0.119. The summed E-state index contributed by atoms with van der Waals surface area (Å²) in [5.41, 5.74) is 3.34. The summed E-state index contributed by atoms with van der Waals surface area (Å²) in [5, 5.41) is 11.9. The Morgan fingerprint density at radius 1 is 1.00 bits per heavy atom. The van der Waals surface area contributed by atoms with Crippen molar-refractivity contribution in [2.45, 2.75) is 24.8 Å². The third-order valence-electron chi connectivity index (χ3n) is 4.85. The molecule has 1 heterocycles. The molecule has 1 aromatic heterocycles. The lowest BCUT2D eigenvalue weighted by atomic mass is 10.0. The molecule has 1 N–H and O–H groups in total. The monoisotopic (exact) mass is 479 g/mol. The van der Waals surface area contributed by atoms with Gasteiger partial charge in [0.2, 0.25) is 5.91 Å². The van der Waals surface area contributed by atoms with E-state index in [-0.39, 0.29) is 24.3 Å². The first-order valence-corrected chi connectivity index (χ1v) is 11.7. The standard InChI is InChI=1S/C25H22ClN3O3S/c1-17(18-7-9-20(10-8-18)19-5-3-2-4-6-19)27-23(30)16-33-25-29-28-24(32-25)15-31-22-13-11-21(26)12-14-22/h2-14,17H,15-16H2,1H3,(H,27,30)/t17-/m1/s1. The van der Waals surface area contributed by atoms with Gasteiger partial charge in [0.05, 0.1) is 11.8 Å². The smallest absolute Gasteiger partial charge is 0.277 e. The van der Waals surface area contributed by atoms with Crippen molar-refractivity contribution < 1.29 is 13.9 Å². The van der Waals surface area contributed by atoms with E-state index in [1.165, 1.54) is 11.8 Å². The first-order chi connectivity index (χ1) is 16.1. The molecule has 0 spiro atoms. The van der Waals surface area contributed by atoms with E-state index in [2.05, 4.69) is 39.8 Å². The van der Waals surface area contributed by atoms with Gasteiger partial charge in [0.25, 0.3) is 11.1 Å². The summed E-state index contributed by atoms with van der Waals surface area (Å²) in [7, 11) is 0. The molecule has 1 atom stereocenters. The van der Waals surface area contributed by atoms with E-state index in [4.69, 9.17) is 20.8 Å². The number of halogens is 1. The minimum atomic E-state index is -0.117. The summed E-state index contributed by atoms with van der Waals surface area (Å²) in [4.78, 5) is 12.4. The van der Waals surface area contributed by atoms with E-state index in [0.29, 0.717) is 21.9 Å². The number of rotatable bonds is 9. The van der Waals surface area contributed by atoms with Crippen molar-refractivity contribution >= 4 is 29.3 Å². The van der Waals surface area contributed by atoms with Crippen molar-refractivity contribution in [3.8, 4) is 16.9 Å². The highest BCUT2D eigenvalue weighted by Crippen LogP contribution is 2.23. The molecule has 0 unspecified atom stereocenters. The maximum Gasteiger partial charge on any atom is 0.277 e. The number of nitrogens with zero attached hydrogens (tertiary/aromatic N) is 2. The van der Waals surface area contributed by atoms with Gasteiger partial charge < -0.3 is 14.5 Å². The van der Waals surface area contributed by atoms with Crippen molar-refractivity contribution in [3.05, 3.63) is 95.3 Å². The molecule has 8 heteroatoms. The van der Waals surface area contributed by atoms with Gasteiger partial charge in [-0.2, -0.15) is 0 Å². The van der Waals surface area contributed by atoms with Crippen LogP contribution in [0.5, 0.6) is 5.75 Å². The van der Waals surface area contributed by atoms with Gasteiger partial charge in [-0.05, 0) is 47.9 Å². The number of hydrogen-bond donors (Lipinski definition) is 1. The zero-order chi connectivity index (χ0) is 23.0. The molecule has 168 valence electrons. The summed E-state index contributed by atoms with van der Waals surface area (Å²) in [6, 6.07) is 25.3. The summed E-state index contributed by atoms with van der Waals surface area (Å²) in [6.45, 7) is 2.09. The molecule has 1 amide bonds. The van der Waals surface area contributed by atoms with E-state index in [0.717, 1.165) is 16.7 Å². The Hall–Kier alpha value is -3.29. The van der Waals surface area contributed by atoms with Gasteiger partial charge in [-0.3, -0.25) is 4.79 Å². The second-order valence-corrected chi connectivity index (χ2v) is 8.63. The number of benzene rings is 3. The van der Waals surface area contributed by atoms with Crippen molar-refractivity contribution in [1.29, 1.82) is 0 Å². The van der Waals surface area contributed by atoms with E-state index in [1.807, 2.05) is 37.3 Å². The van der Waals surface area contributed by atoms with Crippen molar-refractivity contribution in [2.24, 2.45) is 0 Å². The molecule has 0 bridgehead atoms. The van der Waals surface area contributed by atoms with Crippen LogP contribution in [0.4, 0.5) is 0 Å². The molecule has 4 rings (SSSR count). The second kappa shape index (κ2) is 11.0. The van der Waals surface area contributed by atoms with Gasteiger partial charge in [-0.15, -0.1) is 10.2 Å². The molecular formula is C25H22ClN3O3S. The van der Waals surface area contributed by atoms with Gasteiger partial charge >= 0.3 is 0 Å². The predicted molar refractivity (Wildman–Crippen MR) is 129 cm³/mol. The number of carbonyl (C=O) groups is 1. The van der Waals surface area contributed by atoms with Crippen LogP contribution in [0.25, 0.3) is 11.1 Å². The van der Waals surface area contributed by atoms with Crippen LogP contribution >= 0.6 is 23.4 Å². The van der Waals surface area contributed by atoms with Crippen LogP contribution < -0.4 is 10.1 Å². The molecule has 0 aliphatic rings. The summed E-state index contributed by atoms with van der Waals surface area (Å²) < 4.78 is 11.1. The summed E-state index contributed by atoms with van der Waals surface area (Å²) >= 11 is 7.04. The molecule has 4 aromatic rings. The maximum absolute atomic E-state index is 12.4. The van der Waals surface area contributed by atoms with E-state index >= 15 is 0 Å².